The average Bonchev–Trinajstić information content (AvgIpc) is 2.80. The minimum Gasteiger partial charge on any atom is -0.352 e. The first-order valence-electron chi connectivity index (χ1n) is 11.5. The van der Waals surface area contributed by atoms with Gasteiger partial charge in [0.1, 0.15) is 12.6 Å². The van der Waals surface area contributed by atoms with Gasteiger partial charge in [-0.25, -0.2) is 8.42 Å². The van der Waals surface area contributed by atoms with Crippen LogP contribution in [0.25, 0.3) is 0 Å². The maximum atomic E-state index is 13.6. The maximum Gasteiger partial charge on any atom is 0.244 e. The lowest BCUT2D eigenvalue weighted by atomic mass is 10.1. The van der Waals surface area contributed by atoms with Crippen LogP contribution in [0.2, 0.25) is 10.0 Å². The Morgan fingerprint density at radius 1 is 1.03 bits per heavy atom. The van der Waals surface area contributed by atoms with Gasteiger partial charge in [0.25, 0.3) is 0 Å². The normalized spacial score (nSPS) is 13.1. The molecule has 2 aromatic rings. The van der Waals surface area contributed by atoms with Gasteiger partial charge in [0, 0.05) is 22.6 Å². The van der Waals surface area contributed by atoms with Crippen molar-refractivity contribution < 1.29 is 18.0 Å². The number of nitrogens with zero attached hydrogens (tertiary/aromatic N) is 2. The van der Waals surface area contributed by atoms with Crippen LogP contribution in [-0.4, -0.2) is 50.0 Å². The number of benzene rings is 2. The molecule has 0 aromatic heterocycles. The monoisotopic (exact) mass is 541 g/mol. The summed E-state index contributed by atoms with van der Waals surface area (Å²) in [5.41, 5.74) is 1.82. The first kappa shape index (κ1) is 28.9. The quantitative estimate of drug-likeness (QED) is 0.448. The fourth-order valence-corrected chi connectivity index (χ4v) is 4.88. The van der Waals surface area contributed by atoms with Gasteiger partial charge >= 0.3 is 0 Å². The third-order valence-corrected chi connectivity index (χ3v) is 7.56. The van der Waals surface area contributed by atoms with E-state index in [2.05, 4.69) is 5.32 Å². The Bertz CT molecular complexity index is 1160. The molecule has 1 N–H and O–H groups in total. The molecule has 0 saturated heterocycles. The predicted molar refractivity (Wildman–Crippen MR) is 142 cm³/mol. The predicted octanol–water partition coefficient (Wildman–Crippen LogP) is 4.65. The summed E-state index contributed by atoms with van der Waals surface area (Å²) < 4.78 is 26.6. The molecular formula is C25H33Cl2N3O4S. The SMILES string of the molecule is CCc1ccccc1N(CC(=O)N(Cc1ccc(Cl)cc1Cl)C(C)C(=O)NC(C)CC)S(C)(=O)=O. The number of anilines is 1. The van der Waals surface area contributed by atoms with Crippen molar-refractivity contribution in [3.8, 4) is 0 Å². The van der Waals surface area contributed by atoms with Gasteiger partial charge in [0.2, 0.25) is 21.8 Å². The van der Waals surface area contributed by atoms with Crippen molar-refractivity contribution in [2.45, 2.75) is 59.2 Å². The van der Waals surface area contributed by atoms with Crippen molar-refractivity contribution in [3.63, 3.8) is 0 Å². The van der Waals surface area contributed by atoms with E-state index in [1.165, 1.54) is 4.90 Å². The van der Waals surface area contributed by atoms with Crippen LogP contribution in [0, 0.1) is 0 Å². The number of carbonyl (C=O) groups is 2. The van der Waals surface area contributed by atoms with E-state index in [9.17, 15) is 18.0 Å². The van der Waals surface area contributed by atoms with Crippen LogP contribution in [0.5, 0.6) is 0 Å². The highest BCUT2D eigenvalue weighted by molar-refractivity contribution is 7.92. The zero-order valence-electron chi connectivity index (χ0n) is 20.7. The van der Waals surface area contributed by atoms with E-state index in [1.807, 2.05) is 32.9 Å². The molecule has 0 heterocycles. The molecule has 0 radical (unpaired) electrons. The first-order valence-corrected chi connectivity index (χ1v) is 14.1. The van der Waals surface area contributed by atoms with Crippen molar-refractivity contribution >= 4 is 50.7 Å². The number of amides is 2. The van der Waals surface area contributed by atoms with E-state index in [4.69, 9.17) is 23.2 Å². The van der Waals surface area contributed by atoms with Crippen LogP contribution in [0.1, 0.15) is 45.2 Å². The molecular weight excluding hydrogens is 509 g/mol. The molecule has 0 aliphatic carbocycles. The van der Waals surface area contributed by atoms with Crippen molar-refractivity contribution in [1.29, 1.82) is 0 Å². The fourth-order valence-electron chi connectivity index (χ4n) is 3.53. The number of nitrogens with one attached hydrogen (secondary N) is 1. The van der Waals surface area contributed by atoms with Crippen molar-refractivity contribution in [2.75, 3.05) is 17.1 Å². The number of para-hydroxylation sites is 1. The Morgan fingerprint density at radius 3 is 2.26 bits per heavy atom. The number of hydrogen-bond donors (Lipinski definition) is 1. The number of carbonyl (C=O) groups excluding carboxylic acids is 2. The van der Waals surface area contributed by atoms with Crippen LogP contribution in [-0.2, 0) is 32.6 Å². The van der Waals surface area contributed by atoms with E-state index in [0.29, 0.717) is 27.7 Å². The summed E-state index contributed by atoms with van der Waals surface area (Å²) in [5, 5.41) is 3.68. The standard InChI is InChI=1S/C25H33Cl2N3O4S/c1-6-17(3)28-25(32)18(4)29(15-20-12-13-21(26)14-22(20)27)24(31)16-30(35(5,33)34)23-11-9-8-10-19(23)7-2/h8-14,17-18H,6-7,15-16H2,1-5H3,(H,28,32). The van der Waals surface area contributed by atoms with Crippen LogP contribution >= 0.6 is 23.2 Å². The van der Waals surface area contributed by atoms with E-state index in [0.717, 1.165) is 22.5 Å². The molecule has 0 fully saturated rings. The number of aryl methyl sites for hydroxylation is 1. The zero-order valence-corrected chi connectivity index (χ0v) is 23.0. The topological polar surface area (TPSA) is 86.8 Å². The highest BCUT2D eigenvalue weighted by Crippen LogP contribution is 2.26. The van der Waals surface area contributed by atoms with E-state index in [-0.39, 0.29) is 18.5 Å². The molecule has 0 bridgehead atoms. The van der Waals surface area contributed by atoms with Crippen LogP contribution in [0.15, 0.2) is 42.5 Å². The zero-order chi connectivity index (χ0) is 26.3. The second-order valence-electron chi connectivity index (χ2n) is 8.50. The summed E-state index contributed by atoms with van der Waals surface area (Å²) in [7, 11) is -3.79. The third-order valence-electron chi connectivity index (χ3n) is 5.84. The summed E-state index contributed by atoms with van der Waals surface area (Å²) >= 11 is 12.4. The molecule has 2 unspecified atom stereocenters. The van der Waals surface area contributed by atoms with E-state index in [1.54, 1.807) is 37.3 Å². The van der Waals surface area contributed by atoms with E-state index < -0.39 is 28.5 Å². The minimum atomic E-state index is -3.79. The van der Waals surface area contributed by atoms with Crippen molar-refractivity contribution in [2.24, 2.45) is 0 Å². The molecule has 2 atom stereocenters. The molecule has 7 nitrogen and oxygen atoms in total. The van der Waals surface area contributed by atoms with Gasteiger partial charge in [0.15, 0.2) is 0 Å². The molecule has 0 saturated carbocycles. The number of rotatable bonds is 11. The molecule has 2 rings (SSSR count). The summed E-state index contributed by atoms with van der Waals surface area (Å²) in [6.07, 6.45) is 2.38. The second kappa shape index (κ2) is 12.6. The Hall–Kier alpha value is -2.29. The van der Waals surface area contributed by atoms with E-state index >= 15 is 0 Å². The van der Waals surface area contributed by atoms with Crippen molar-refractivity contribution in [1.82, 2.24) is 10.2 Å². The Balaban J connectivity index is 2.46. The minimum absolute atomic E-state index is 0.0109. The maximum absolute atomic E-state index is 13.6. The number of hydrogen-bond acceptors (Lipinski definition) is 4. The Kier molecular flexibility index (Phi) is 10.4. The van der Waals surface area contributed by atoms with Gasteiger partial charge in [-0.2, -0.15) is 0 Å². The lowest BCUT2D eigenvalue weighted by Gasteiger charge is -2.32. The average molecular weight is 543 g/mol. The third kappa shape index (κ3) is 7.85. The molecule has 10 heteroatoms. The highest BCUT2D eigenvalue weighted by atomic mass is 35.5. The lowest BCUT2D eigenvalue weighted by molar-refractivity contribution is -0.139. The molecule has 2 aromatic carbocycles. The Morgan fingerprint density at radius 2 is 1.69 bits per heavy atom. The smallest absolute Gasteiger partial charge is 0.244 e. The Labute approximate surface area is 218 Å². The molecule has 35 heavy (non-hydrogen) atoms. The number of halogens is 2. The molecule has 192 valence electrons. The van der Waals surface area contributed by atoms with Gasteiger partial charge in [-0.15, -0.1) is 0 Å². The summed E-state index contributed by atoms with van der Waals surface area (Å²) in [6, 6.07) is 11.0. The molecule has 2 amide bonds. The molecule has 0 aliphatic rings. The van der Waals surface area contributed by atoms with Gasteiger partial charge in [0.05, 0.1) is 11.9 Å². The summed E-state index contributed by atoms with van der Waals surface area (Å²) in [5.74, 6) is -0.864. The summed E-state index contributed by atoms with van der Waals surface area (Å²) in [4.78, 5) is 27.9. The van der Waals surface area contributed by atoms with Crippen molar-refractivity contribution in [3.05, 3.63) is 63.6 Å². The van der Waals surface area contributed by atoms with Crippen LogP contribution in [0.3, 0.4) is 0 Å². The number of sulfonamides is 1. The largest absolute Gasteiger partial charge is 0.352 e. The second-order valence-corrected chi connectivity index (χ2v) is 11.3. The van der Waals surface area contributed by atoms with Gasteiger partial charge < -0.3 is 10.2 Å². The van der Waals surface area contributed by atoms with Gasteiger partial charge in [-0.1, -0.05) is 61.3 Å². The van der Waals surface area contributed by atoms with Gasteiger partial charge in [-0.05, 0) is 56.0 Å². The fraction of sp³-hybridized carbons (Fsp3) is 0.440. The van der Waals surface area contributed by atoms with Gasteiger partial charge in [-0.3, -0.25) is 13.9 Å². The molecule has 0 aliphatic heterocycles. The van der Waals surface area contributed by atoms with Crippen LogP contribution in [0.4, 0.5) is 5.69 Å². The highest BCUT2D eigenvalue weighted by Gasteiger charge is 2.31. The summed E-state index contributed by atoms with van der Waals surface area (Å²) in [6.45, 7) is 6.90. The van der Waals surface area contributed by atoms with Crippen LogP contribution < -0.4 is 9.62 Å². The lowest BCUT2D eigenvalue weighted by Crippen LogP contribution is -2.52. The molecule has 0 spiro atoms. The first-order chi connectivity index (χ1) is 16.4.